The van der Waals surface area contributed by atoms with Gasteiger partial charge in [0.1, 0.15) is 11.4 Å². The second kappa shape index (κ2) is 13.7. The van der Waals surface area contributed by atoms with Crippen LogP contribution in [0.25, 0.3) is 0 Å². The number of carbonyl (C=O) groups is 1. The maximum atomic E-state index is 11.7. The summed E-state index contributed by atoms with van der Waals surface area (Å²) in [6.07, 6.45) is 1.45. The molecule has 0 radical (unpaired) electrons. The lowest BCUT2D eigenvalue weighted by Gasteiger charge is -2.38. The quantitative estimate of drug-likeness (QED) is 0.195. The van der Waals surface area contributed by atoms with E-state index in [9.17, 15) is 4.79 Å². The summed E-state index contributed by atoms with van der Waals surface area (Å²) < 4.78 is 16.5. The molecular weight excluding hydrogens is 523 g/mol. The molecule has 0 aliphatic carbocycles. The van der Waals surface area contributed by atoms with Crippen LogP contribution >= 0.6 is 24.0 Å². The number of guanidine groups is 1. The molecule has 1 fully saturated rings. The van der Waals surface area contributed by atoms with Crippen molar-refractivity contribution in [3.05, 3.63) is 29.8 Å². The number of nitrogens with one attached hydrogen (secondary N) is 3. The molecule has 0 unspecified atom stereocenters. The number of benzene rings is 1. The molecule has 0 bridgehead atoms. The minimum Gasteiger partial charge on any atom is -0.494 e. The zero-order valence-corrected chi connectivity index (χ0v) is 22.3. The number of nitrogens with zero attached hydrogens (tertiary/aromatic N) is 1. The van der Waals surface area contributed by atoms with E-state index in [0.717, 1.165) is 38.3 Å². The Hall–Kier alpha value is -1.75. The number of halogens is 1. The second-order valence-corrected chi connectivity index (χ2v) is 8.63. The molecule has 0 atom stereocenters. The summed E-state index contributed by atoms with van der Waals surface area (Å²) in [7, 11) is 1.74. The number of hydrogen-bond acceptors (Lipinski definition) is 5. The molecule has 32 heavy (non-hydrogen) atoms. The van der Waals surface area contributed by atoms with Gasteiger partial charge in [-0.3, -0.25) is 4.99 Å². The van der Waals surface area contributed by atoms with Gasteiger partial charge in [-0.15, -0.1) is 24.0 Å². The Morgan fingerprint density at radius 1 is 1.09 bits per heavy atom. The molecular formula is C23H39IN4O4. The van der Waals surface area contributed by atoms with E-state index in [0.29, 0.717) is 25.7 Å². The van der Waals surface area contributed by atoms with Crippen LogP contribution in [0.2, 0.25) is 0 Å². The molecule has 3 N–H and O–H groups in total. The highest BCUT2D eigenvalue weighted by Gasteiger charge is 2.34. The third kappa shape index (κ3) is 9.40. The molecule has 1 aliphatic rings. The number of ether oxygens (including phenoxy) is 3. The lowest BCUT2D eigenvalue weighted by atomic mass is 9.74. The normalized spacial score (nSPS) is 15.8. The van der Waals surface area contributed by atoms with Crippen molar-refractivity contribution in [2.75, 3.05) is 46.5 Å². The first-order valence-electron chi connectivity index (χ1n) is 11.0. The second-order valence-electron chi connectivity index (χ2n) is 8.63. The van der Waals surface area contributed by atoms with E-state index in [1.165, 1.54) is 5.56 Å². The van der Waals surface area contributed by atoms with Crippen LogP contribution in [-0.4, -0.2) is 64.2 Å². The molecule has 1 saturated heterocycles. The van der Waals surface area contributed by atoms with Gasteiger partial charge in [-0.25, -0.2) is 4.79 Å². The van der Waals surface area contributed by atoms with Gasteiger partial charge in [-0.05, 0) is 58.2 Å². The molecule has 1 heterocycles. The van der Waals surface area contributed by atoms with Crippen LogP contribution in [0.15, 0.2) is 29.3 Å². The van der Waals surface area contributed by atoms with Crippen LogP contribution in [0.1, 0.15) is 46.1 Å². The van der Waals surface area contributed by atoms with E-state index >= 15 is 0 Å². The predicted octanol–water partition coefficient (Wildman–Crippen LogP) is 3.44. The first kappa shape index (κ1) is 28.3. The number of alkyl carbamates (subject to hydrolysis) is 1. The molecule has 8 nitrogen and oxygen atoms in total. The Morgan fingerprint density at radius 3 is 2.28 bits per heavy atom. The van der Waals surface area contributed by atoms with E-state index < -0.39 is 11.7 Å². The van der Waals surface area contributed by atoms with E-state index in [1.54, 1.807) is 7.05 Å². The number of carbonyl (C=O) groups excluding carboxylic acids is 1. The number of aliphatic imine (C=N–C) groups is 1. The van der Waals surface area contributed by atoms with Crippen molar-refractivity contribution in [3.8, 4) is 5.75 Å². The van der Waals surface area contributed by atoms with Gasteiger partial charge < -0.3 is 30.2 Å². The Labute approximate surface area is 209 Å². The van der Waals surface area contributed by atoms with Crippen molar-refractivity contribution in [1.29, 1.82) is 0 Å². The molecule has 0 aromatic heterocycles. The van der Waals surface area contributed by atoms with Gasteiger partial charge >= 0.3 is 6.09 Å². The lowest BCUT2D eigenvalue weighted by molar-refractivity contribution is 0.0513. The van der Waals surface area contributed by atoms with E-state index in [-0.39, 0.29) is 29.4 Å². The van der Waals surface area contributed by atoms with E-state index in [1.807, 2.05) is 39.8 Å². The highest BCUT2D eigenvalue weighted by molar-refractivity contribution is 14.0. The topological polar surface area (TPSA) is 93.2 Å². The van der Waals surface area contributed by atoms with Crippen LogP contribution in [0.5, 0.6) is 5.75 Å². The highest BCUT2D eigenvalue weighted by atomic mass is 127. The van der Waals surface area contributed by atoms with E-state index in [4.69, 9.17) is 14.2 Å². The van der Waals surface area contributed by atoms with E-state index in [2.05, 4.69) is 33.1 Å². The fourth-order valence-electron chi connectivity index (χ4n) is 3.53. The van der Waals surface area contributed by atoms with Crippen molar-refractivity contribution in [3.63, 3.8) is 0 Å². The maximum absolute atomic E-state index is 11.7. The Morgan fingerprint density at radius 2 is 1.72 bits per heavy atom. The largest absolute Gasteiger partial charge is 0.494 e. The summed E-state index contributed by atoms with van der Waals surface area (Å²) >= 11 is 0. The Balaban J connectivity index is 0.00000512. The van der Waals surface area contributed by atoms with Crippen LogP contribution in [0, 0.1) is 0 Å². The third-order valence-electron chi connectivity index (χ3n) is 5.13. The Kier molecular flexibility index (Phi) is 12.1. The smallest absolute Gasteiger partial charge is 0.407 e. The molecule has 1 amide bonds. The highest BCUT2D eigenvalue weighted by Crippen LogP contribution is 2.35. The number of rotatable bonds is 8. The number of amides is 1. The predicted molar refractivity (Wildman–Crippen MR) is 138 cm³/mol. The minimum atomic E-state index is -0.506. The van der Waals surface area contributed by atoms with Crippen LogP contribution in [0.3, 0.4) is 0 Å². The summed E-state index contributed by atoms with van der Waals surface area (Å²) in [5, 5.41) is 9.43. The van der Waals surface area contributed by atoms with Gasteiger partial charge in [0.15, 0.2) is 5.96 Å². The summed E-state index contributed by atoms with van der Waals surface area (Å²) in [5.41, 5.74) is 0.734. The zero-order valence-electron chi connectivity index (χ0n) is 20.0. The Bertz CT molecular complexity index is 714. The van der Waals surface area contributed by atoms with Gasteiger partial charge in [0, 0.05) is 45.3 Å². The third-order valence-corrected chi connectivity index (χ3v) is 5.13. The fraction of sp³-hybridized carbons (Fsp3) is 0.652. The molecule has 1 aromatic rings. The standard InChI is InChI=1S/C23H38N4O4.HI/c1-6-30-19-9-7-18(8-10-19)23(11-15-29-16-12-23)17-27-20(24-5)25-13-14-26-21(28)31-22(2,3)4;/h7-10H,6,11-17H2,1-5H3,(H,26,28)(H2,24,25,27);1H. The van der Waals surface area contributed by atoms with Crippen LogP contribution in [0.4, 0.5) is 4.79 Å². The van der Waals surface area contributed by atoms with Gasteiger partial charge in [-0.2, -0.15) is 0 Å². The van der Waals surface area contributed by atoms with Crippen molar-refractivity contribution >= 4 is 36.0 Å². The molecule has 0 spiro atoms. The maximum Gasteiger partial charge on any atom is 0.407 e. The average molecular weight is 562 g/mol. The first-order chi connectivity index (χ1) is 14.8. The minimum absolute atomic E-state index is 0. The van der Waals surface area contributed by atoms with Gasteiger partial charge in [-0.1, -0.05) is 12.1 Å². The van der Waals surface area contributed by atoms with Crippen LogP contribution < -0.4 is 20.7 Å². The van der Waals surface area contributed by atoms with Gasteiger partial charge in [0.25, 0.3) is 0 Å². The van der Waals surface area contributed by atoms with Crippen LogP contribution in [-0.2, 0) is 14.9 Å². The molecule has 182 valence electrons. The summed E-state index contributed by atoms with van der Waals surface area (Å²) in [6, 6.07) is 8.37. The first-order valence-corrected chi connectivity index (χ1v) is 11.0. The van der Waals surface area contributed by atoms with Crippen molar-refractivity contribution in [2.45, 2.75) is 51.6 Å². The molecule has 9 heteroatoms. The monoisotopic (exact) mass is 562 g/mol. The molecule has 1 aliphatic heterocycles. The van der Waals surface area contributed by atoms with Crippen molar-refractivity contribution in [2.24, 2.45) is 4.99 Å². The zero-order chi connectivity index (χ0) is 22.7. The fourth-order valence-corrected chi connectivity index (χ4v) is 3.53. The molecule has 2 rings (SSSR count). The SMILES string of the molecule is CCOc1ccc(C2(CNC(=NC)NCCNC(=O)OC(C)(C)C)CCOCC2)cc1.I. The van der Waals surface area contributed by atoms with Gasteiger partial charge in [0.05, 0.1) is 6.61 Å². The number of hydrogen-bond donors (Lipinski definition) is 3. The summed E-state index contributed by atoms with van der Waals surface area (Å²) in [4.78, 5) is 16.1. The van der Waals surface area contributed by atoms with Crippen molar-refractivity contribution in [1.82, 2.24) is 16.0 Å². The van der Waals surface area contributed by atoms with Gasteiger partial charge in [0.2, 0.25) is 0 Å². The lowest BCUT2D eigenvalue weighted by Crippen LogP contribution is -2.49. The summed E-state index contributed by atoms with van der Waals surface area (Å²) in [5.74, 6) is 1.58. The summed E-state index contributed by atoms with van der Waals surface area (Å²) in [6.45, 7) is 11.4. The molecule has 1 aromatic carbocycles. The van der Waals surface area contributed by atoms with Crippen molar-refractivity contribution < 1.29 is 19.0 Å². The average Bonchev–Trinajstić information content (AvgIpc) is 2.73. The molecule has 0 saturated carbocycles.